The molecule has 1 aliphatic heterocycles. The number of amides is 1. The van der Waals surface area contributed by atoms with Crippen LogP contribution in [0.1, 0.15) is 54.1 Å². The lowest BCUT2D eigenvalue weighted by Gasteiger charge is -2.39. The Labute approximate surface area is 165 Å². The van der Waals surface area contributed by atoms with Crippen LogP contribution in [0.3, 0.4) is 0 Å². The van der Waals surface area contributed by atoms with E-state index < -0.39 is 0 Å². The van der Waals surface area contributed by atoms with Crippen LogP contribution in [0.25, 0.3) is 0 Å². The van der Waals surface area contributed by atoms with Crippen molar-refractivity contribution in [1.82, 2.24) is 4.90 Å². The van der Waals surface area contributed by atoms with Crippen molar-refractivity contribution in [2.45, 2.75) is 44.6 Å². The van der Waals surface area contributed by atoms with E-state index in [2.05, 4.69) is 34.5 Å². The van der Waals surface area contributed by atoms with Crippen molar-refractivity contribution in [1.29, 1.82) is 0 Å². The molecule has 0 radical (unpaired) electrons. The zero-order chi connectivity index (χ0) is 18.8. The molecule has 0 unspecified atom stereocenters. The fraction of sp³-hybridized carbons (Fsp3) is 0.500. The van der Waals surface area contributed by atoms with Crippen molar-refractivity contribution < 1.29 is 14.3 Å². The summed E-state index contributed by atoms with van der Waals surface area (Å²) in [6.45, 7) is 0.764. The van der Waals surface area contributed by atoms with Gasteiger partial charge in [-0.3, -0.25) is 4.79 Å². The largest absolute Gasteiger partial charge is 0.493 e. The molecule has 4 rings (SSSR count). The summed E-state index contributed by atoms with van der Waals surface area (Å²) >= 11 is 1.72. The molecule has 5 heteroatoms. The number of ether oxygens (including phenoxy) is 2. The van der Waals surface area contributed by atoms with Crippen LogP contribution in [0.5, 0.6) is 11.5 Å². The van der Waals surface area contributed by atoms with Gasteiger partial charge in [0.25, 0.3) is 0 Å². The molecule has 27 heavy (non-hydrogen) atoms. The molecule has 144 valence electrons. The van der Waals surface area contributed by atoms with E-state index >= 15 is 0 Å². The highest BCUT2D eigenvalue weighted by Crippen LogP contribution is 2.43. The molecule has 1 saturated carbocycles. The van der Waals surface area contributed by atoms with E-state index in [9.17, 15) is 4.79 Å². The summed E-state index contributed by atoms with van der Waals surface area (Å²) in [4.78, 5) is 16.8. The summed E-state index contributed by atoms with van der Waals surface area (Å²) in [7, 11) is 3.33. The van der Waals surface area contributed by atoms with E-state index in [1.54, 1.807) is 25.6 Å². The third kappa shape index (κ3) is 3.45. The van der Waals surface area contributed by atoms with Crippen LogP contribution in [0, 0.1) is 5.92 Å². The van der Waals surface area contributed by atoms with Crippen LogP contribution in [0.2, 0.25) is 0 Å². The van der Waals surface area contributed by atoms with E-state index in [-0.39, 0.29) is 12.0 Å². The maximum Gasteiger partial charge on any atom is 0.226 e. The van der Waals surface area contributed by atoms with Crippen LogP contribution < -0.4 is 9.47 Å². The van der Waals surface area contributed by atoms with Gasteiger partial charge in [-0.2, -0.15) is 0 Å². The molecule has 1 fully saturated rings. The molecule has 1 atom stereocenters. The number of hydrogen-bond donors (Lipinski definition) is 0. The van der Waals surface area contributed by atoms with Crippen molar-refractivity contribution >= 4 is 17.2 Å². The first-order valence-electron chi connectivity index (χ1n) is 9.81. The maximum absolute atomic E-state index is 13.4. The summed E-state index contributed by atoms with van der Waals surface area (Å²) in [5, 5.41) is 2.09. The van der Waals surface area contributed by atoms with Crippen molar-refractivity contribution in [3.8, 4) is 11.5 Å². The molecule has 4 nitrogen and oxygen atoms in total. The first kappa shape index (κ1) is 18.4. The Bertz CT molecular complexity index is 796. The van der Waals surface area contributed by atoms with E-state index in [1.165, 1.54) is 35.3 Å². The van der Waals surface area contributed by atoms with Gasteiger partial charge in [-0.05, 0) is 54.0 Å². The highest BCUT2D eigenvalue weighted by molar-refractivity contribution is 7.10. The summed E-state index contributed by atoms with van der Waals surface area (Å²) in [6, 6.07) is 8.33. The minimum atomic E-state index is -0.0250. The number of benzene rings is 1. The van der Waals surface area contributed by atoms with E-state index in [1.807, 2.05) is 0 Å². The first-order chi connectivity index (χ1) is 13.2. The van der Waals surface area contributed by atoms with Gasteiger partial charge in [-0.1, -0.05) is 25.3 Å². The van der Waals surface area contributed by atoms with E-state index in [0.717, 1.165) is 37.3 Å². The second kappa shape index (κ2) is 7.93. The highest BCUT2D eigenvalue weighted by atomic mass is 32.1. The zero-order valence-electron chi connectivity index (χ0n) is 16.1. The van der Waals surface area contributed by atoms with Gasteiger partial charge in [0.1, 0.15) is 0 Å². The van der Waals surface area contributed by atoms with E-state index in [0.29, 0.717) is 5.91 Å². The SMILES string of the molecule is COc1cc2c(cc1OC)[C@@H](c1cccs1)N(C(=O)C1CCCCC1)CC2. The molecule has 1 aromatic carbocycles. The minimum absolute atomic E-state index is 0.0250. The Balaban J connectivity index is 1.75. The van der Waals surface area contributed by atoms with Gasteiger partial charge in [0.2, 0.25) is 5.91 Å². The molecule has 2 aliphatic rings. The average molecular weight is 386 g/mol. The molecule has 0 bridgehead atoms. The van der Waals surface area contributed by atoms with Crippen molar-refractivity contribution in [2.24, 2.45) is 5.92 Å². The molecule has 0 N–H and O–H groups in total. The lowest BCUT2D eigenvalue weighted by atomic mass is 9.85. The molecule has 1 aromatic heterocycles. The Morgan fingerprint density at radius 2 is 1.85 bits per heavy atom. The molecular weight excluding hydrogens is 358 g/mol. The predicted molar refractivity (Wildman–Crippen MR) is 108 cm³/mol. The fourth-order valence-corrected chi connectivity index (χ4v) is 5.38. The monoisotopic (exact) mass is 385 g/mol. The molecular formula is C22H27NO3S. The molecule has 2 aromatic rings. The third-order valence-electron chi connectivity index (χ3n) is 5.92. The maximum atomic E-state index is 13.4. The Morgan fingerprint density at radius 3 is 2.52 bits per heavy atom. The van der Waals surface area contributed by atoms with Crippen molar-refractivity contribution in [2.75, 3.05) is 20.8 Å². The second-order valence-corrected chi connectivity index (χ2v) is 8.42. The van der Waals surface area contributed by atoms with Crippen LogP contribution in [0.4, 0.5) is 0 Å². The van der Waals surface area contributed by atoms with Crippen LogP contribution in [-0.2, 0) is 11.2 Å². The average Bonchev–Trinajstić information content (AvgIpc) is 3.26. The highest BCUT2D eigenvalue weighted by Gasteiger charge is 2.36. The van der Waals surface area contributed by atoms with Gasteiger partial charge in [-0.25, -0.2) is 0 Å². The number of methoxy groups -OCH3 is 2. The fourth-order valence-electron chi connectivity index (χ4n) is 4.52. The molecule has 1 aliphatic carbocycles. The number of thiophene rings is 1. The van der Waals surface area contributed by atoms with Gasteiger partial charge in [0.05, 0.1) is 20.3 Å². The van der Waals surface area contributed by atoms with Crippen LogP contribution in [0.15, 0.2) is 29.6 Å². The van der Waals surface area contributed by atoms with Gasteiger partial charge < -0.3 is 14.4 Å². The van der Waals surface area contributed by atoms with Crippen molar-refractivity contribution in [3.63, 3.8) is 0 Å². The number of hydrogen-bond acceptors (Lipinski definition) is 4. The second-order valence-electron chi connectivity index (χ2n) is 7.44. The molecule has 0 spiro atoms. The zero-order valence-corrected chi connectivity index (χ0v) is 16.9. The van der Waals surface area contributed by atoms with Crippen LogP contribution in [-0.4, -0.2) is 31.6 Å². The summed E-state index contributed by atoms with van der Waals surface area (Å²) in [6.07, 6.45) is 6.54. The van der Waals surface area contributed by atoms with Gasteiger partial charge in [0.15, 0.2) is 11.5 Å². The number of rotatable bonds is 4. The third-order valence-corrected chi connectivity index (χ3v) is 6.85. The number of fused-ring (bicyclic) bond motifs is 1. The van der Waals surface area contributed by atoms with Gasteiger partial charge in [-0.15, -0.1) is 11.3 Å². The number of nitrogens with zero attached hydrogens (tertiary/aromatic N) is 1. The lowest BCUT2D eigenvalue weighted by Crippen LogP contribution is -2.43. The smallest absolute Gasteiger partial charge is 0.226 e. The summed E-state index contributed by atoms with van der Waals surface area (Å²) in [5.74, 6) is 1.99. The predicted octanol–water partition coefficient (Wildman–Crippen LogP) is 4.82. The van der Waals surface area contributed by atoms with Crippen LogP contribution >= 0.6 is 11.3 Å². The van der Waals surface area contributed by atoms with E-state index in [4.69, 9.17) is 9.47 Å². The molecule has 1 amide bonds. The normalized spacial score (nSPS) is 20.2. The lowest BCUT2D eigenvalue weighted by molar-refractivity contribution is -0.138. The van der Waals surface area contributed by atoms with Gasteiger partial charge in [0, 0.05) is 17.3 Å². The van der Waals surface area contributed by atoms with Gasteiger partial charge >= 0.3 is 0 Å². The first-order valence-corrected chi connectivity index (χ1v) is 10.7. The quantitative estimate of drug-likeness (QED) is 0.757. The standard InChI is InChI=1S/C22H27NO3S/c1-25-18-13-16-10-11-23(22(24)15-7-4-3-5-8-15)21(20-9-6-12-27-20)17(16)14-19(18)26-2/h6,9,12-15,21H,3-5,7-8,10-11H2,1-2H3/t21-/m0/s1. The minimum Gasteiger partial charge on any atom is -0.493 e. The molecule has 0 saturated heterocycles. The summed E-state index contributed by atoms with van der Waals surface area (Å²) < 4.78 is 11.0. The topological polar surface area (TPSA) is 38.8 Å². The molecule has 2 heterocycles. The number of carbonyl (C=O) groups excluding carboxylic acids is 1. The Kier molecular flexibility index (Phi) is 5.39. The number of carbonyl (C=O) groups is 1. The Hall–Kier alpha value is -2.01. The van der Waals surface area contributed by atoms with Crippen molar-refractivity contribution in [3.05, 3.63) is 45.6 Å². The summed E-state index contributed by atoms with van der Waals surface area (Å²) in [5.41, 5.74) is 2.42. The Morgan fingerprint density at radius 1 is 1.11 bits per heavy atom.